The number of hydrogen-bond acceptors (Lipinski definition) is 7. The second-order valence-electron chi connectivity index (χ2n) is 10.9. The van der Waals surface area contributed by atoms with E-state index >= 15 is 0 Å². The molecule has 4 aromatic rings. The first-order valence-electron chi connectivity index (χ1n) is 13.6. The Hall–Kier alpha value is -4.15. The highest BCUT2D eigenvalue weighted by molar-refractivity contribution is 8.00. The third-order valence-corrected chi connectivity index (χ3v) is 10.3. The molecule has 214 valence electrons. The molecule has 0 aliphatic carbocycles. The van der Waals surface area contributed by atoms with Gasteiger partial charge in [-0.3, -0.25) is 23.7 Å². The number of fused-ring (bicyclic) bond motifs is 2. The lowest BCUT2D eigenvalue weighted by Gasteiger charge is -2.31. The molecule has 1 aromatic heterocycles. The highest BCUT2D eigenvalue weighted by atomic mass is 32.2. The second-order valence-corrected chi connectivity index (χ2v) is 13.0. The smallest absolute Gasteiger partial charge is 0.308 e. The van der Waals surface area contributed by atoms with Crippen LogP contribution in [-0.4, -0.2) is 41.6 Å². The minimum Gasteiger partial charge on any atom is -0.378 e. The Morgan fingerprint density at radius 3 is 2.29 bits per heavy atom. The van der Waals surface area contributed by atoms with Crippen LogP contribution in [0.1, 0.15) is 27.5 Å². The highest BCUT2D eigenvalue weighted by Gasteiger charge is 2.56. The quantitative estimate of drug-likeness (QED) is 0.313. The third-order valence-electron chi connectivity index (χ3n) is 7.71. The van der Waals surface area contributed by atoms with Crippen LogP contribution in [0.4, 0.5) is 17.1 Å². The maximum Gasteiger partial charge on any atom is 0.308 e. The van der Waals surface area contributed by atoms with Crippen LogP contribution >= 0.6 is 23.1 Å². The molecule has 6 rings (SSSR count). The van der Waals surface area contributed by atoms with E-state index in [1.165, 1.54) is 21.2 Å². The Kier molecular flexibility index (Phi) is 7.28. The average Bonchev–Trinajstić information content (AvgIpc) is 3.40. The van der Waals surface area contributed by atoms with Gasteiger partial charge in [0, 0.05) is 36.3 Å². The number of rotatable bonds is 6. The Morgan fingerprint density at radius 1 is 0.905 bits per heavy atom. The summed E-state index contributed by atoms with van der Waals surface area (Å²) in [4.78, 5) is 58.1. The molecule has 0 spiro atoms. The van der Waals surface area contributed by atoms with Crippen molar-refractivity contribution in [3.8, 4) is 0 Å². The second kappa shape index (κ2) is 10.9. The lowest BCUT2D eigenvalue weighted by Crippen LogP contribution is -2.33. The first kappa shape index (κ1) is 28.0. The molecular weight excluding hydrogens is 569 g/mol. The summed E-state index contributed by atoms with van der Waals surface area (Å²) < 4.78 is 1.44. The summed E-state index contributed by atoms with van der Waals surface area (Å²) in [6, 6.07) is 22.6. The molecule has 0 bridgehead atoms. The van der Waals surface area contributed by atoms with Crippen LogP contribution in [0.25, 0.3) is 0 Å². The number of nitrogens with zero attached hydrogens (tertiary/aromatic N) is 3. The highest BCUT2D eigenvalue weighted by Crippen LogP contribution is 2.54. The van der Waals surface area contributed by atoms with Crippen molar-refractivity contribution in [2.45, 2.75) is 36.6 Å². The number of carbonyl (C=O) groups is 3. The van der Waals surface area contributed by atoms with Crippen molar-refractivity contribution in [3.05, 3.63) is 104 Å². The van der Waals surface area contributed by atoms with Crippen molar-refractivity contribution in [2.75, 3.05) is 29.2 Å². The number of amides is 3. The largest absolute Gasteiger partial charge is 0.378 e. The van der Waals surface area contributed by atoms with Gasteiger partial charge < -0.3 is 10.2 Å². The predicted octanol–water partition coefficient (Wildman–Crippen LogP) is 5.03. The van der Waals surface area contributed by atoms with Gasteiger partial charge in [-0.05, 0) is 61.4 Å². The summed E-state index contributed by atoms with van der Waals surface area (Å²) in [6.45, 7) is 3.69. The van der Waals surface area contributed by atoms with E-state index in [1.54, 1.807) is 18.2 Å². The molecule has 10 heteroatoms. The van der Waals surface area contributed by atoms with Gasteiger partial charge in [-0.25, -0.2) is 4.90 Å². The van der Waals surface area contributed by atoms with Gasteiger partial charge in [-0.2, -0.15) is 0 Å². The number of hydrogen-bond donors (Lipinski definition) is 1. The van der Waals surface area contributed by atoms with Crippen LogP contribution in [0, 0.1) is 19.8 Å². The molecule has 2 aliphatic rings. The minimum absolute atomic E-state index is 0.195. The zero-order valence-electron chi connectivity index (χ0n) is 23.7. The fraction of sp³-hybridized carbons (Fsp3) is 0.250. The predicted molar refractivity (Wildman–Crippen MR) is 168 cm³/mol. The lowest BCUT2D eigenvalue weighted by atomic mass is 9.83. The van der Waals surface area contributed by atoms with Crippen molar-refractivity contribution in [1.29, 1.82) is 0 Å². The minimum atomic E-state index is -0.732. The van der Waals surface area contributed by atoms with Gasteiger partial charge in [0.2, 0.25) is 17.7 Å². The fourth-order valence-electron chi connectivity index (χ4n) is 5.61. The number of aromatic nitrogens is 1. The first-order valence-corrected chi connectivity index (χ1v) is 15.3. The van der Waals surface area contributed by atoms with E-state index in [0.717, 1.165) is 33.7 Å². The third kappa shape index (κ3) is 4.94. The molecular formula is C32H30N4O4S2. The van der Waals surface area contributed by atoms with E-state index in [0.29, 0.717) is 21.3 Å². The van der Waals surface area contributed by atoms with Crippen LogP contribution in [0.5, 0.6) is 0 Å². The normalized spacial score (nSPS) is 19.4. The Morgan fingerprint density at radius 2 is 1.62 bits per heavy atom. The van der Waals surface area contributed by atoms with Gasteiger partial charge in [-0.1, -0.05) is 65.1 Å². The average molecular weight is 599 g/mol. The number of benzene rings is 3. The van der Waals surface area contributed by atoms with Gasteiger partial charge in [0.15, 0.2) is 0 Å². The summed E-state index contributed by atoms with van der Waals surface area (Å²) in [5.74, 6) is -2.12. The Labute approximate surface area is 252 Å². The topological polar surface area (TPSA) is 91.7 Å². The van der Waals surface area contributed by atoms with Crippen molar-refractivity contribution >= 4 is 57.9 Å². The first-order chi connectivity index (χ1) is 20.1. The van der Waals surface area contributed by atoms with Crippen molar-refractivity contribution in [1.82, 2.24) is 4.57 Å². The van der Waals surface area contributed by atoms with Crippen molar-refractivity contribution in [2.24, 2.45) is 5.92 Å². The van der Waals surface area contributed by atoms with Gasteiger partial charge >= 0.3 is 4.87 Å². The van der Waals surface area contributed by atoms with Crippen LogP contribution in [0.3, 0.4) is 0 Å². The number of nitrogens with one attached hydrogen (secondary N) is 1. The van der Waals surface area contributed by atoms with Gasteiger partial charge in [0.1, 0.15) is 11.8 Å². The molecule has 1 saturated heterocycles. The summed E-state index contributed by atoms with van der Waals surface area (Å²) >= 11 is 2.27. The molecule has 2 aliphatic heterocycles. The number of thiazole rings is 1. The van der Waals surface area contributed by atoms with E-state index in [-0.39, 0.29) is 29.1 Å². The maximum atomic E-state index is 14.0. The van der Waals surface area contributed by atoms with Crippen LogP contribution in [0.2, 0.25) is 0 Å². The molecule has 8 nitrogen and oxygen atoms in total. The molecule has 1 N–H and O–H groups in total. The maximum absolute atomic E-state index is 14.0. The van der Waals surface area contributed by atoms with Crippen LogP contribution < -0.4 is 20.0 Å². The zero-order chi connectivity index (χ0) is 29.7. The molecule has 0 saturated carbocycles. The molecule has 3 aromatic carbocycles. The van der Waals surface area contributed by atoms with E-state index in [2.05, 4.69) is 5.32 Å². The summed E-state index contributed by atoms with van der Waals surface area (Å²) in [5.41, 5.74) is 5.06. The number of imide groups is 1. The molecule has 42 heavy (non-hydrogen) atoms. The van der Waals surface area contributed by atoms with E-state index in [4.69, 9.17) is 0 Å². The molecule has 1 fully saturated rings. The molecule has 3 heterocycles. The van der Waals surface area contributed by atoms with Crippen LogP contribution in [0.15, 0.2) is 82.6 Å². The van der Waals surface area contributed by atoms with Gasteiger partial charge in [0.25, 0.3) is 0 Å². The number of thioether (sulfide) groups is 1. The van der Waals surface area contributed by atoms with Gasteiger partial charge in [0.05, 0.1) is 16.6 Å². The monoisotopic (exact) mass is 598 g/mol. The van der Waals surface area contributed by atoms with E-state index in [9.17, 15) is 19.2 Å². The van der Waals surface area contributed by atoms with Gasteiger partial charge in [-0.15, -0.1) is 0 Å². The van der Waals surface area contributed by atoms with E-state index in [1.807, 2.05) is 87.4 Å². The summed E-state index contributed by atoms with van der Waals surface area (Å²) in [5, 5.41) is 2.71. The molecule has 3 atom stereocenters. The molecule has 3 unspecified atom stereocenters. The SMILES string of the molecule is Cc1ccc(N2C(=O)C3Sc4c(sc(=O)n4CC(=O)Nc4cccc(C)c4)C(c4ccc(N(C)C)cc4)C3C2=O)cc1. The fourth-order valence-corrected chi connectivity index (χ4v) is 8.38. The lowest BCUT2D eigenvalue weighted by molar-refractivity contribution is -0.122. The summed E-state index contributed by atoms with van der Waals surface area (Å²) in [6.07, 6.45) is 0. The Balaban J connectivity index is 1.41. The number of carbonyl (C=O) groups excluding carboxylic acids is 3. The van der Waals surface area contributed by atoms with E-state index < -0.39 is 17.1 Å². The number of aryl methyl sites for hydroxylation is 2. The zero-order valence-corrected chi connectivity index (χ0v) is 25.3. The molecule has 0 radical (unpaired) electrons. The summed E-state index contributed by atoms with van der Waals surface area (Å²) in [7, 11) is 3.90. The number of anilines is 3. The van der Waals surface area contributed by atoms with Crippen molar-refractivity contribution in [3.63, 3.8) is 0 Å². The Bertz CT molecular complexity index is 1760. The molecule has 3 amide bonds. The van der Waals surface area contributed by atoms with Crippen LogP contribution in [-0.2, 0) is 20.9 Å². The standard InChI is InChI=1S/C32H30N4O4S2/c1-18-8-12-23(13-9-18)36-29(38)26-25(20-10-14-22(15-11-20)34(3)4)28-31(41-27(26)30(36)39)35(32(40)42-28)17-24(37)33-21-7-5-6-19(2)16-21/h5-16,25-27H,17H2,1-4H3,(H,33,37). The van der Waals surface area contributed by atoms with Crippen molar-refractivity contribution < 1.29 is 14.4 Å².